The van der Waals surface area contributed by atoms with Crippen molar-refractivity contribution in [3.63, 3.8) is 0 Å². The Hall–Kier alpha value is -3.33. The maximum atomic E-state index is 13.5. The highest BCUT2D eigenvalue weighted by atomic mass is 32.2. The van der Waals surface area contributed by atoms with Gasteiger partial charge in [0.05, 0.1) is 0 Å². The molecule has 0 bridgehead atoms. The van der Waals surface area contributed by atoms with Crippen molar-refractivity contribution >= 4 is 33.8 Å². The predicted octanol–water partition coefficient (Wildman–Crippen LogP) is 2.40. The van der Waals surface area contributed by atoms with Crippen molar-refractivity contribution in [2.75, 3.05) is 18.6 Å². The molecule has 1 atom stereocenters. The van der Waals surface area contributed by atoms with Crippen LogP contribution in [0.3, 0.4) is 0 Å². The van der Waals surface area contributed by atoms with E-state index in [0.29, 0.717) is 0 Å². The molecule has 0 N–H and O–H groups in total. The standard InChI is InChI=1S/C21H17FO7S/c1-12(23)28-16-6-4-3-5-14(16)20(25)27-9-10-30(2)19-18(24)15-11-13(22)7-8-17(15)29-21(19)26/h3-8,11H,9-10H2,1-2H3. The summed E-state index contributed by atoms with van der Waals surface area (Å²) < 4.78 is 28.8. The lowest BCUT2D eigenvalue weighted by molar-refractivity contribution is -0.270. The smallest absolute Gasteiger partial charge is 0.391 e. The lowest BCUT2D eigenvalue weighted by Gasteiger charge is -2.14. The first-order valence-corrected chi connectivity index (χ1v) is 10.6. The SMILES string of the molecule is CC(=O)Oc1ccccc1C(=O)OCC[S+](C)c1c([O-])c2cc(F)ccc2oc1=O. The van der Waals surface area contributed by atoms with Crippen molar-refractivity contribution in [2.24, 2.45) is 0 Å². The maximum absolute atomic E-state index is 13.5. The van der Waals surface area contributed by atoms with Crippen molar-refractivity contribution in [3.8, 4) is 11.5 Å². The highest BCUT2D eigenvalue weighted by Gasteiger charge is 2.25. The third-order valence-electron chi connectivity index (χ3n) is 4.11. The number of esters is 2. The van der Waals surface area contributed by atoms with Crippen LogP contribution in [-0.2, 0) is 20.4 Å². The Labute approximate surface area is 173 Å². The molecular formula is C21H17FO7S. The minimum absolute atomic E-state index is 0.0145. The maximum Gasteiger partial charge on any atom is 0.391 e. The number of hydrogen-bond donors (Lipinski definition) is 0. The van der Waals surface area contributed by atoms with Crippen molar-refractivity contribution in [1.29, 1.82) is 0 Å². The van der Waals surface area contributed by atoms with Crippen LogP contribution in [-0.4, -0.2) is 30.6 Å². The summed E-state index contributed by atoms with van der Waals surface area (Å²) in [5.41, 5.74) is -0.703. The third-order valence-corrected chi connectivity index (χ3v) is 5.94. The molecular weight excluding hydrogens is 415 g/mol. The summed E-state index contributed by atoms with van der Waals surface area (Å²) in [6, 6.07) is 9.47. The minimum atomic E-state index is -0.910. The van der Waals surface area contributed by atoms with Crippen LogP contribution in [0.5, 0.6) is 11.5 Å². The first kappa shape index (κ1) is 21.4. The molecule has 0 saturated carbocycles. The molecule has 2 aromatic carbocycles. The summed E-state index contributed by atoms with van der Waals surface area (Å²) in [6.07, 6.45) is 1.64. The second-order valence-corrected chi connectivity index (χ2v) is 8.35. The molecule has 3 aromatic rings. The molecule has 0 saturated heterocycles. The second-order valence-electron chi connectivity index (χ2n) is 6.26. The van der Waals surface area contributed by atoms with Gasteiger partial charge in [-0.15, -0.1) is 0 Å². The minimum Gasteiger partial charge on any atom is -0.868 e. The van der Waals surface area contributed by atoms with Gasteiger partial charge in [0.2, 0.25) is 4.90 Å². The molecule has 0 radical (unpaired) electrons. The number of ether oxygens (including phenoxy) is 2. The van der Waals surface area contributed by atoms with E-state index < -0.39 is 40.0 Å². The molecule has 0 aliphatic heterocycles. The molecule has 0 amide bonds. The van der Waals surface area contributed by atoms with Crippen LogP contribution < -0.4 is 15.5 Å². The topological polar surface area (TPSA) is 106 Å². The number of benzene rings is 2. The summed E-state index contributed by atoms with van der Waals surface area (Å²) in [5, 5.41) is 12.6. The van der Waals surface area contributed by atoms with Crippen LogP contribution in [0.2, 0.25) is 0 Å². The first-order valence-electron chi connectivity index (χ1n) is 8.78. The van der Waals surface area contributed by atoms with Crippen molar-refractivity contribution < 1.29 is 33.0 Å². The highest BCUT2D eigenvalue weighted by molar-refractivity contribution is 7.96. The van der Waals surface area contributed by atoms with Crippen molar-refractivity contribution in [1.82, 2.24) is 0 Å². The number of fused-ring (bicyclic) bond motifs is 1. The summed E-state index contributed by atoms with van der Waals surface area (Å²) in [7, 11) is -0.910. The number of rotatable bonds is 6. The quantitative estimate of drug-likeness (QED) is 0.255. The molecule has 0 aliphatic rings. The van der Waals surface area contributed by atoms with Gasteiger partial charge in [-0.1, -0.05) is 12.1 Å². The van der Waals surface area contributed by atoms with Crippen molar-refractivity contribution in [3.05, 3.63) is 64.3 Å². The monoisotopic (exact) mass is 432 g/mol. The van der Waals surface area contributed by atoms with Gasteiger partial charge in [-0.05, 0) is 36.1 Å². The molecule has 1 unspecified atom stereocenters. The summed E-state index contributed by atoms with van der Waals surface area (Å²) >= 11 is 0. The molecule has 1 aromatic heterocycles. The zero-order valence-electron chi connectivity index (χ0n) is 16.1. The van der Waals surface area contributed by atoms with E-state index in [1.54, 1.807) is 18.4 Å². The van der Waals surface area contributed by atoms with Crippen LogP contribution in [0.4, 0.5) is 4.39 Å². The number of halogens is 1. The molecule has 0 fully saturated rings. The van der Waals surface area contributed by atoms with Gasteiger partial charge in [0, 0.05) is 23.2 Å². The van der Waals surface area contributed by atoms with Crippen LogP contribution in [0.1, 0.15) is 17.3 Å². The van der Waals surface area contributed by atoms with Crippen LogP contribution in [0.15, 0.2) is 56.6 Å². The largest absolute Gasteiger partial charge is 0.868 e. The zero-order valence-corrected chi connectivity index (χ0v) is 16.9. The average Bonchev–Trinajstić information content (AvgIpc) is 2.68. The highest BCUT2D eigenvalue weighted by Crippen LogP contribution is 2.28. The Bertz CT molecular complexity index is 1170. The fourth-order valence-electron chi connectivity index (χ4n) is 2.75. The van der Waals surface area contributed by atoms with E-state index in [-0.39, 0.29) is 39.5 Å². The van der Waals surface area contributed by atoms with Gasteiger partial charge in [-0.2, -0.15) is 0 Å². The molecule has 0 spiro atoms. The number of hydrogen-bond acceptors (Lipinski definition) is 7. The summed E-state index contributed by atoms with van der Waals surface area (Å²) in [6.45, 7) is 1.12. The van der Waals surface area contributed by atoms with Gasteiger partial charge >= 0.3 is 17.6 Å². The summed E-state index contributed by atoms with van der Waals surface area (Å²) in [4.78, 5) is 35.6. The fourth-order valence-corrected chi connectivity index (χ4v) is 4.04. The Morgan fingerprint density at radius 3 is 2.67 bits per heavy atom. The van der Waals surface area contributed by atoms with E-state index in [2.05, 4.69) is 0 Å². The molecule has 0 aliphatic carbocycles. The number of para-hydroxylation sites is 1. The zero-order chi connectivity index (χ0) is 21.8. The molecule has 30 heavy (non-hydrogen) atoms. The molecule has 7 nitrogen and oxygen atoms in total. The van der Waals surface area contributed by atoms with E-state index in [0.717, 1.165) is 12.1 Å². The van der Waals surface area contributed by atoms with Gasteiger partial charge in [-0.25, -0.2) is 14.0 Å². The van der Waals surface area contributed by atoms with E-state index in [4.69, 9.17) is 13.9 Å². The Morgan fingerprint density at radius 2 is 1.93 bits per heavy atom. The van der Waals surface area contributed by atoms with Crippen molar-refractivity contribution in [2.45, 2.75) is 11.8 Å². The average molecular weight is 432 g/mol. The van der Waals surface area contributed by atoms with Gasteiger partial charge in [0.1, 0.15) is 41.3 Å². The normalized spacial score (nSPS) is 11.8. The van der Waals surface area contributed by atoms with E-state index in [1.165, 1.54) is 25.1 Å². The molecule has 156 valence electrons. The first-order chi connectivity index (χ1) is 14.3. The van der Waals surface area contributed by atoms with E-state index in [1.807, 2.05) is 0 Å². The van der Waals surface area contributed by atoms with Gasteiger partial charge in [0.15, 0.2) is 0 Å². The lowest BCUT2D eigenvalue weighted by Crippen LogP contribution is -2.22. The Kier molecular flexibility index (Phi) is 6.41. The fraction of sp³-hybridized carbons (Fsp3) is 0.190. The van der Waals surface area contributed by atoms with Gasteiger partial charge in [-0.3, -0.25) is 4.79 Å². The van der Waals surface area contributed by atoms with Gasteiger partial charge < -0.3 is 19.0 Å². The molecule has 1 heterocycles. The number of carbonyl (C=O) groups is 2. The Balaban J connectivity index is 1.72. The lowest BCUT2D eigenvalue weighted by atomic mass is 10.2. The predicted molar refractivity (Wildman–Crippen MR) is 106 cm³/mol. The van der Waals surface area contributed by atoms with E-state index >= 15 is 0 Å². The van der Waals surface area contributed by atoms with Crippen LogP contribution in [0.25, 0.3) is 11.0 Å². The molecule has 3 rings (SSSR count). The van der Waals surface area contributed by atoms with E-state index in [9.17, 15) is 23.9 Å². The van der Waals surface area contributed by atoms with Crippen LogP contribution in [0, 0.1) is 5.82 Å². The van der Waals surface area contributed by atoms with Gasteiger partial charge in [0.25, 0.3) is 0 Å². The Morgan fingerprint density at radius 1 is 1.20 bits per heavy atom. The third kappa shape index (κ3) is 4.62. The molecule has 9 heteroatoms. The summed E-state index contributed by atoms with van der Waals surface area (Å²) in [5.74, 6) is -2.24. The van der Waals surface area contributed by atoms with Crippen LogP contribution >= 0.6 is 0 Å². The number of carbonyl (C=O) groups excluding carboxylic acids is 2. The second kappa shape index (κ2) is 9.00.